The number of pyridine rings is 1. The van der Waals surface area contributed by atoms with E-state index in [2.05, 4.69) is 25.3 Å². The van der Waals surface area contributed by atoms with Crippen LogP contribution in [0, 0.1) is 6.92 Å². The summed E-state index contributed by atoms with van der Waals surface area (Å²) in [6.45, 7) is 3.18. The van der Waals surface area contributed by atoms with Gasteiger partial charge >= 0.3 is 0 Å². The molecule has 10 heteroatoms. The first-order valence-electron chi connectivity index (χ1n) is 11.6. The molecule has 1 fully saturated rings. The van der Waals surface area contributed by atoms with Gasteiger partial charge in [-0.05, 0) is 24.6 Å². The van der Waals surface area contributed by atoms with Crippen molar-refractivity contribution >= 4 is 34.3 Å². The largest absolute Gasteiger partial charge is 0.372 e. The first-order chi connectivity index (χ1) is 17.5. The molecule has 4 aromatic rings. The Bertz CT molecular complexity index is 1440. The smallest absolute Gasteiger partial charge is 0.295 e. The van der Waals surface area contributed by atoms with E-state index in [9.17, 15) is 14.4 Å². The van der Waals surface area contributed by atoms with Gasteiger partial charge in [0.15, 0.2) is 0 Å². The van der Waals surface area contributed by atoms with Crippen molar-refractivity contribution in [3.05, 3.63) is 71.8 Å². The van der Waals surface area contributed by atoms with E-state index in [4.69, 9.17) is 0 Å². The molecular formula is C26H25N7O3. The van der Waals surface area contributed by atoms with Crippen LogP contribution < -0.4 is 5.32 Å². The minimum atomic E-state index is -0.596. The molecule has 1 aliphatic heterocycles. The Hall–Kier alpha value is -4.60. The lowest BCUT2D eigenvalue weighted by atomic mass is 10.0. The lowest BCUT2D eigenvalue weighted by molar-refractivity contribution is -0.127. The molecule has 0 saturated carbocycles. The maximum absolute atomic E-state index is 13.3. The third-order valence-corrected chi connectivity index (χ3v) is 6.36. The molecule has 10 nitrogen and oxygen atoms in total. The van der Waals surface area contributed by atoms with Crippen LogP contribution in [0.15, 0.2) is 55.1 Å². The van der Waals surface area contributed by atoms with Crippen LogP contribution in [0.3, 0.4) is 0 Å². The van der Waals surface area contributed by atoms with E-state index in [0.717, 1.165) is 5.56 Å². The van der Waals surface area contributed by atoms with Crippen molar-refractivity contribution in [2.75, 3.05) is 38.5 Å². The van der Waals surface area contributed by atoms with Crippen LogP contribution in [0.25, 0.3) is 22.3 Å². The molecule has 0 radical (unpaired) electrons. The van der Waals surface area contributed by atoms with E-state index in [1.807, 2.05) is 25.1 Å². The molecule has 2 amide bonds. The number of anilines is 1. The van der Waals surface area contributed by atoms with Crippen molar-refractivity contribution in [1.82, 2.24) is 29.7 Å². The second-order valence-corrected chi connectivity index (χ2v) is 8.56. The number of piperazine rings is 1. The van der Waals surface area contributed by atoms with E-state index >= 15 is 0 Å². The number of fused-ring (bicyclic) bond motifs is 1. The molecule has 5 rings (SSSR count). The van der Waals surface area contributed by atoms with Crippen LogP contribution in [0.4, 0.5) is 5.82 Å². The molecule has 0 spiro atoms. The summed E-state index contributed by atoms with van der Waals surface area (Å²) in [5.74, 6) is -0.632. The van der Waals surface area contributed by atoms with Crippen molar-refractivity contribution in [1.29, 1.82) is 0 Å². The van der Waals surface area contributed by atoms with Crippen LogP contribution >= 0.6 is 0 Å². The molecule has 182 valence electrons. The zero-order valence-electron chi connectivity index (χ0n) is 20.0. The fraction of sp³-hybridized carbons (Fsp3) is 0.231. The Morgan fingerprint density at radius 3 is 2.31 bits per heavy atom. The van der Waals surface area contributed by atoms with Gasteiger partial charge in [0.05, 0.1) is 23.5 Å². The molecule has 1 aromatic carbocycles. The molecule has 36 heavy (non-hydrogen) atoms. The van der Waals surface area contributed by atoms with Crippen LogP contribution in [-0.2, 0) is 4.79 Å². The summed E-state index contributed by atoms with van der Waals surface area (Å²) in [4.78, 5) is 58.6. The number of carbonyl (C=O) groups is 3. The van der Waals surface area contributed by atoms with Gasteiger partial charge < -0.3 is 20.1 Å². The Morgan fingerprint density at radius 2 is 1.64 bits per heavy atom. The summed E-state index contributed by atoms with van der Waals surface area (Å²) in [7, 11) is 1.76. The summed E-state index contributed by atoms with van der Waals surface area (Å²) in [5, 5.41) is 3.56. The normalized spacial score (nSPS) is 13.6. The number of Topliss-reactive ketones (excluding diaryl/α,β-unsaturated/α-hetero) is 1. The Morgan fingerprint density at radius 1 is 0.917 bits per heavy atom. The number of nitrogens with zero attached hydrogens (tertiary/aromatic N) is 5. The van der Waals surface area contributed by atoms with E-state index in [1.54, 1.807) is 48.9 Å². The number of rotatable bonds is 5. The molecule has 2 N–H and O–H groups in total. The van der Waals surface area contributed by atoms with Gasteiger partial charge in [-0.25, -0.2) is 9.97 Å². The zero-order chi connectivity index (χ0) is 25.2. The van der Waals surface area contributed by atoms with E-state index in [1.165, 1.54) is 4.90 Å². The summed E-state index contributed by atoms with van der Waals surface area (Å²) < 4.78 is 0. The van der Waals surface area contributed by atoms with Gasteiger partial charge in [0.1, 0.15) is 17.2 Å². The Kier molecular flexibility index (Phi) is 6.16. The highest BCUT2D eigenvalue weighted by molar-refractivity contribution is 6.45. The van der Waals surface area contributed by atoms with E-state index in [0.29, 0.717) is 65.4 Å². The lowest BCUT2D eigenvalue weighted by Crippen LogP contribution is -2.52. The molecule has 0 atom stereocenters. The average Bonchev–Trinajstić information content (AvgIpc) is 3.39. The predicted molar refractivity (Wildman–Crippen MR) is 135 cm³/mol. The predicted octanol–water partition coefficient (Wildman–Crippen LogP) is 2.54. The Labute approximate surface area is 207 Å². The average molecular weight is 484 g/mol. The van der Waals surface area contributed by atoms with E-state index < -0.39 is 11.7 Å². The van der Waals surface area contributed by atoms with Gasteiger partial charge in [0, 0.05) is 56.6 Å². The van der Waals surface area contributed by atoms with Crippen molar-refractivity contribution in [3.63, 3.8) is 0 Å². The number of hydrogen-bond acceptors (Lipinski definition) is 7. The number of aromatic nitrogens is 4. The number of benzene rings is 1. The third kappa shape index (κ3) is 4.17. The number of H-pyrrole nitrogens is 1. The quantitative estimate of drug-likeness (QED) is 0.330. The molecule has 0 aliphatic carbocycles. The standard InChI is InChI=1S/C26H25N7O3/c1-16-12-30-22(19-14-29-20(27-2)15-28-19)23-21(16)18(13-31-23)24(34)26(36)33-10-8-32(9-11-33)25(35)17-6-4-3-5-7-17/h3-7,12-15,31H,8-11H2,1-2H3,(H,27,29). The monoisotopic (exact) mass is 483 g/mol. The van der Waals surface area contributed by atoms with Gasteiger partial charge in [-0.1, -0.05) is 18.2 Å². The fourth-order valence-corrected chi connectivity index (χ4v) is 4.40. The molecular weight excluding hydrogens is 458 g/mol. The number of aromatic amines is 1. The highest BCUT2D eigenvalue weighted by Crippen LogP contribution is 2.30. The topological polar surface area (TPSA) is 124 Å². The number of carbonyl (C=O) groups excluding carboxylic acids is 3. The minimum absolute atomic E-state index is 0.0767. The molecule has 1 aliphatic rings. The second-order valence-electron chi connectivity index (χ2n) is 8.56. The van der Waals surface area contributed by atoms with Crippen molar-refractivity contribution in [2.45, 2.75) is 6.92 Å². The molecule has 3 aromatic heterocycles. The Balaban J connectivity index is 1.35. The zero-order valence-corrected chi connectivity index (χ0v) is 20.0. The number of nitrogens with one attached hydrogen (secondary N) is 2. The first-order valence-corrected chi connectivity index (χ1v) is 11.6. The fourth-order valence-electron chi connectivity index (χ4n) is 4.40. The van der Waals surface area contributed by atoms with Gasteiger partial charge in [-0.2, -0.15) is 0 Å². The van der Waals surface area contributed by atoms with Gasteiger partial charge in [-0.3, -0.25) is 19.4 Å². The lowest BCUT2D eigenvalue weighted by Gasteiger charge is -2.34. The van der Waals surface area contributed by atoms with Crippen LogP contribution in [-0.4, -0.2) is 80.6 Å². The van der Waals surface area contributed by atoms with Crippen LogP contribution in [0.1, 0.15) is 26.3 Å². The number of hydrogen-bond donors (Lipinski definition) is 2. The number of aryl methyl sites for hydroxylation is 1. The maximum atomic E-state index is 13.3. The van der Waals surface area contributed by atoms with Crippen molar-refractivity contribution in [2.24, 2.45) is 0 Å². The first kappa shape index (κ1) is 23.2. The van der Waals surface area contributed by atoms with Gasteiger partial charge in [0.2, 0.25) is 0 Å². The molecule has 0 unspecified atom stereocenters. The van der Waals surface area contributed by atoms with Crippen LogP contribution in [0.2, 0.25) is 0 Å². The third-order valence-electron chi connectivity index (χ3n) is 6.36. The van der Waals surface area contributed by atoms with E-state index in [-0.39, 0.29) is 5.91 Å². The van der Waals surface area contributed by atoms with Crippen molar-refractivity contribution in [3.8, 4) is 11.4 Å². The summed E-state index contributed by atoms with van der Waals surface area (Å²) >= 11 is 0. The number of amides is 2. The van der Waals surface area contributed by atoms with Crippen LogP contribution in [0.5, 0.6) is 0 Å². The highest BCUT2D eigenvalue weighted by atomic mass is 16.2. The molecule has 0 bridgehead atoms. The summed E-state index contributed by atoms with van der Waals surface area (Å²) in [6.07, 6.45) is 6.41. The summed E-state index contributed by atoms with van der Waals surface area (Å²) in [5.41, 5.74) is 3.38. The maximum Gasteiger partial charge on any atom is 0.295 e. The number of ketones is 1. The van der Waals surface area contributed by atoms with Crippen molar-refractivity contribution < 1.29 is 14.4 Å². The van der Waals surface area contributed by atoms with Gasteiger partial charge in [-0.15, -0.1) is 0 Å². The minimum Gasteiger partial charge on any atom is -0.372 e. The van der Waals surface area contributed by atoms with Gasteiger partial charge in [0.25, 0.3) is 17.6 Å². The molecule has 1 saturated heterocycles. The second kappa shape index (κ2) is 9.57. The molecule has 4 heterocycles. The highest BCUT2D eigenvalue weighted by Gasteiger charge is 2.31. The summed E-state index contributed by atoms with van der Waals surface area (Å²) in [6, 6.07) is 9.04. The SMILES string of the molecule is CNc1cnc(-c2ncc(C)c3c(C(=O)C(=O)N4CCN(C(=O)c5ccccc5)CC4)c[nH]c23)cn1.